The summed E-state index contributed by atoms with van der Waals surface area (Å²) in [7, 11) is 1.67. The van der Waals surface area contributed by atoms with Gasteiger partial charge in [0.25, 0.3) is 0 Å². The lowest BCUT2D eigenvalue weighted by Gasteiger charge is -2.22. The molecule has 0 radical (unpaired) electrons. The van der Waals surface area contributed by atoms with Gasteiger partial charge >= 0.3 is 5.97 Å². The standard InChI is InChI=1S/C12H17NO3/c1-3-16-12(14)9-7-8(9)11-10(15-2)5-4-6-13-11/h4-6,8-11H,3,7H2,1-2H3/t8-,9-,10?,11?/m0/s1. The molecule has 0 saturated heterocycles. The number of methoxy groups -OCH3 is 1. The van der Waals surface area contributed by atoms with Gasteiger partial charge in [-0.1, -0.05) is 6.08 Å². The Morgan fingerprint density at radius 1 is 1.56 bits per heavy atom. The summed E-state index contributed by atoms with van der Waals surface area (Å²) in [6.07, 6.45) is 6.51. The van der Waals surface area contributed by atoms with E-state index < -0.39 is 0 Å². The highest BCUT2D eigenvalue weighted by molar-refractivity contribution is 5.77. The van der Waals surface area contributed by atoms with Crippen molar-refractivity contribution in [3.8, 4) is 0 Å². The summed E-state index contributed by atoms with van der Waals surface area (Å²) in [5.74, 6) is 0.212. The first kappa shape index (κ1) is 11.3. The molecule has 0 amide bonds. The van der Waals surface area contributed by atoms with Crippen LogP contribution in [-0.4, -0.2) is 38.0 Å². The van der Waals surface area contributed by atoms with Crippen molar-refractivity contribution in [1.29, 1.82) is 0 Å². The first-order chi connectivity index (χ1) is 7.77. The lowest BCUT2D eigenvalue weighted by Crippen LogP contribution is -2.30. The Kier molecular flexibility index (Phi) is 3.39. The van der Waals surface area contributed by atoms with Crippen molar-refractivity contribution in [3.05, 3.63) is 12.2 Å². The summed E-state index contributed by atoms with van der Waals surface area (Å²) in [4.78, 5) is 15.9. The van der Waals surface area contributed by atoms with Crippen LogP contribution in [0.15, 0.2) is 17.1 Å². The molecule has 0 bridgehead atoms. The van der Waals surface area contributed by atoms with Crippen LogP contribution in [0.3, 0.4) is 0 Å². The van der Waals surface area contributed by atoms with Crippen LogP contribution in [-0.2, 0) is 14.3 Å². The van der Waals surface area contributed by atoms with Gasteiger partial charge in [-0.25, -0.2) is 0 Å². The van der Waals surface area contributed by atoms with Crippen LogP contribution in [0.2, 0.25) is 0 Å². The molecule has 0 aromatic heterocycles. The molecule has 4 heteroatoms. The minimum Gasteiger partial charge on any atom is -0.466 e. The van der Waals surface area contributed by atoms with Gasteiger partial charge in [-0.3, -0.25) is 9.79 Å². The lowest BCUT2D eigenvalue weighted by atomic mass is 10.0. The number of dihydropyridines is 1. The van der Waals surface area contributed by atoms with E-state index in [4.69, 9.17) is 9.47 Å². The Labute approximate surface area is 95.3 Å². The first-order valence-electron chi connectivity index (χ1n) is 5.67. The van der Waals surface area contributed by atoms with E-state index >= 15 is 0 Å². The van der Waals surface area contributed by atoms with E-state index in [-0.39, 0.29) is 30.0 Å². The second-order valence-corrected chi connectivity index (χ2v) is 4.13. The summed E-state index contributed by atoms with van der Waals surface area (Å²) in [5, 5.41) is 0. The number of carbonyl (C=O) groups is 1. The fourth-order valence-corrected chi connectivity index (χ4v) is 2.19. The SMILES string of the molecule is CCOC(=O)[C@H]1C[C@@H]1C1N=CC=CC1OC. The summed E-state index contributed by atoms with van der Waals surface area (Å²) >= 11 is 0. The van der Waals surface area contributed by atoms with E-state index in [1.165, 1.54) is 0 Å². The number of allylic oxidation sites excluding steroid dienone is 1. The third-order valence-corrected chi connectivity index (χ3v) is 3.12. The van der Waals surface area contributed by atoms with Gasteiger partial charge in [0.15, 0.2) is 0 Å². The maximum atomic E-state index is 11.5. The van der Waals surface area contributed by atoms with E-state index in [2.05, 4.69) is 4.99 Å². The third-order valence-electron chi connectivity index (χ3n) is 3.12. The highest BCUT2D eigenvalue weighted by Crippen LogP contribution is 2.45. The van der Waals surface area contributed by atoms with Crippen molar-refractivity contribution in [2.45, 2.75) is 25.5 Å². The quantitative estimate of drug-likeness (QED) is 0.673. The van der Waals surface area contributed by atoms with Crippen molar-refractivity contribution >= 4 is 12.2 Å². The molecule has 2 rings (SSSR count). The molecule has 0 aromatic carbocycles. The fourth-order valence-electron chi connectivity index (χ4n) is 2.19. The lowest BCUT2D eigenvalue weighted by molar-refractivity contribution is -0.145. The van der Waals surface area contributed by atoms with Crippen LogP contribution in [0.1, 0.15) is 13.3 Å². The van der Waals surface area contributed by atoms with Gasteiger partial charge in [-0.15, -0.1) is 0 Å². The largest absolute Gasteiger partial charge is 0.466 e. The zero-order valence-corrected chi connectivity index (χ0v) is 9.63. The number of hydrogen-bond donors (Lipinski definition) is 0. The van der Waals surface area contributed by atoms with Gasteiger partial charge in [-0.2, -0.15) is 0 Å². The highest BCUT2D eigenvalue weighted by Gasteiger charge is 2.51. The van der Waals surface area contributed by atoms with Crippen LogP contribution in [0, 0.1) is 11.8 Å². The molecule has 0 spiro atoms. The predicted octanol–water partition coefficient (Wildman–Crippen LogP) is 1.21. The molecule has 4 nitrogen and oxygen atoms in total. The minimum atomic E-state index is -0.0906. The van der Waals surface area contributed by atoms with Crippen LogP contribution in [0.5, 0.6) is 0 Å². The molecular weight excluding hydrogens is 206 g/mol. The number of ether oxygens (including phenoxy) is 2. The Morgan fingerprint density at radius 3 is 3.06 bits per heavy atom. The Balaban J connectivity index is 1.93. The number of carbonyl (C=O) groups excluding carboxylic acids is 1. The number of nitrogens with zero attached hydrogens (tertiary/aromatic N) is 1. The van der Waals surface area contributed by atoms with E-state index in [1.807, 2.05) is 19.1 Å². The Bertz CT molecular complexity index is 324. The summed E-state index contributed by atoms with van der Waals surface area (Å²) < 4.78 is 10.3. The van der Waals surface area contributed by atoms with Crippen molar-refractivity contribution in [2.75, 3.05) is 13.7 Å². The van der Waals surface area contributed by atoms with Crippen LogP contribution < -0.4 is 0 Å². The number of rotatable bonds is 4. The summed E-state index contributed by atoms with van der Waals surface area (Å²) in [6.45, 7) is 2.28. The molecule has 0 aromatic rings. The molecule has 1 fully saturated rings. The number of esters is 1. The maximum Gasteiger partial charge on any atom is 0.309 e. The average molecular weight is 223 g/mol. The molecule has 16 heavy (non-hydrogen) atoms. The van der Waals surface area contributed by atoms with Crippen molar-refractivity contribution in [2.24, 2.45) is 16.8 Å². The molecule has 2 unspecified atom stereocenters. The molecule has 1 aliphatic carbocycles. The molecule has 0 N–H and O–H groups in total. The van der Waals surface area contributed by atoms with Crippen molar-refractivity contribution < 1.29 is 14.3 Å². The van der Waals surface area contributed by atoms with Gasteiger partial charge < -0.3 is 9.47 Å². The van der Waals surface area contributed by atoms with Crippen LogP contribution in [0.25, 0.3) is 0 Å². The van der Waals surface area contributed by atoms with Gasteiger partial charge in [0.05, 0.1) is 24.7 Å². The number of aliphatic imine (C=N–C) groups is 1. The Hall–Kier alpha value is -1.16. The van der Waals surface area contributed by atoms with Crippen LogP contribution >= 0.6 is 0 Å². The average Bonchev–Trinajstić information content (AvgIpc) is 3.09. The molecule has 1 aliphatic heterocycles. The summed E-state index contributed by atoms with van der Waals surface area (Å²) in [6, 6.07) is 0.0735. The molecule has 1 saturated carbocycles. The third kappa shape index (κ3) is 2.16. The monoisotopic (exact) mass is 223 g/mol. The predicted molar refractivity (Wildman–Crippen MR) is 60.4 cm³/mol. The molecule has 4 atom stereocenters. The maximum absolute atomic E-state index is 11.5. The van der Waals surface area contributed by atoms with Crippen LogP contribution in [0.4, 0.5) is 0 Å². The molecule has 1 heterocycles. The molecule has 2 aliphatic rings. The highest BCUT2D eigenvalue weighted by atomic mass is 16.5. The number of hydrogen-bond acceptors (Lipinski definition) is 4. The Morgan fingerprint density at radius 2 is 2.38 bits per heavy atom. The smallest absolute Gasteiger partial charge is 0.309 e. The van der Waals surface area contributed by atoms with Gasteiger partial charge in [0, 0.05) is 13.3 Å². The van der Waals surface area contributed by atoms with Gasteiger partial charge in [0.1, 0.15) is 0 Å². The minimum absolute atomic E-state index is 0.00516. The van der Waals surface area contributed by atoms with Crippen molar-refractivity contribution in [1.82, 2.24) is 0 Å². The van der Waals surface area contributed by atoms with E-state index in [9.17, 15) is 4.79 Å². The van der Waals surface area contributed by atoms with Gasteiger partial charge in [-0.05, 0) is 25.3 Å². The normalized spacial score (nSPS) is 36.1. The summed E-state index contributed by atoms with van der Waals surface area (Å²) in [5.41, 5.74) is 0. The van der Waals surface area contributed by atoms with Crippen molar-refractivity contribution in [3.63, 3.8) is 0 Å². The molecular formula is C12H17NO3. The fraction of sp³-hybridized carbons (Fsp3) is 0.667. The van der Waals surface area contributed by atoms with Gasteiger partial charge in [0.2, 0.25) is 0 Å². The second-order valence-electron chi connectivity index (χ2n) is 4.13. The second kappa shape index (κ2) is 4.78. The van der Waals surface area contributed by atoms with E-state index in [1.54, 1.807) is 13.3 Å². The zero-order valence-electron chi connectivity index (χ0n) is 9.63. The zero-order chi connectivity index (χ0) is 11.5. The van der Waals surface area contributed by atoms with E-state index in [0.717, 1.165) is 6.42 Å². The first-order valence-corrected chi connectivity index (χ1v) is 5.67. The topological polar surface area (TPSA) is 47.9 Å². The van der Waals surface area contributed by atoms with E-state index in [0.29, 0.717) is 6.61 Å². The molecule has 88 valence electrons.